The molecule has 0 amide bonds. The van der Waals surface area contributed by atoms with Crippen LogP contribution in [-0.2, 0) is 0 Å². The molecule has 0 fully saturated rings. The van der Waals surface area contributed by atoms with E-state index in [9.17, 15) is 0 Å². The number of hydrogen-bond acceptors (Lipinski definition) is 2. The Labute approximate surface area is 143 Å². The molecule has 0 unspecified atom stereocenters. The van der Waals surface area contributed by atoms with Crippen LogP contribution in [0.15, 0.2) is 34.3 Å². The van der Waals surface area contributed by atoms with E-state index < -0.39 is 0 Å². The summed E-state index contributed by atoms with van der Waals surface area (Å²) in [6, 6.07) is 9.05. The summed E-state index contributed by atoms with van der Waals surface area (Å²) in [5.74, 6) is 1.07. The molecule has 4 heteroatoms. The predicted molar refractivity (Wildman–Crippen MR) is 98.6 cm³/mol. The number of hydrogen-bond donors (Lipinski definition) is 0. The van der Waals surface area contributed by atoms with Gasteiger partial charge in [-0.2, -0.15) is 0 Å². The van der Waals surface area contributed by atoms with Crippen LogP contribution in [0.25, 0.3) is 10.8 Å². The van der Waals surface area contributed by atoms with E-state index in [1.807, 2.05) is 0 Å². The van der Waals surface area contributed by atoms with Crippen LogP contribution in [0.1, 0.15) is 27.7 Å². The molecule has 0 bridgehead atoms. The summed E-state index contributed by atoms with van der Waals surface area (Å²) in [5.41, 5.74) is 2.32. The Morgan fingerprint density at radius 3 is 1.45 bits per heavy atom. The second kappa shape index (κ2) is 5.32. The predicted octanol–water partition coefficient (Wildman–Crippen LogP) is 2.90. The maximum absolute atomic E-state index is 4.96. The quantitative estimate of drug-likeness (QED) is 0.668. The average Bonchev–Trinajstić information content (AvgIpc) is 2.51. The van der Waals surface area contributed by atoms with Crippen LogP contribution in [-0.4, -0.2) is 39.1 Å². The van der Waals surface area contributed by atoms with Gasteiger partial charge in [-0.15, -0.1) is 0 Å². The zero-order valence-corrected chi connectivity index (χ0v) is 16.6. The van der Waals surface area contributed by atoms with Gasteiger partial charge in [-0.1, -0.05) is 0 Å². The normalized spacial score (nSPS) is 16.3. The van der Waals surface area contributed by atoms with Crippen LogP contribution in [0.2, 0.25) is 0 Å². The van der Waals surface area contributed by atoms with Crippen LogP contribution in [0.3, 0.4) is 0 Å². The zero-order chi connectivity index (χ0) is 15.4. The van der Waals surface area contributed by atoms with Crippen molar-refractivity contribution in [2.24, 2.45) is 21.8 Å². The van der Waals surface area contributed by atoms with E-state index in [0.717, 1.165) is 11.4 Å². The average molecular weight is 420 g/mol. The van der Waals surface area contributed by atoms with Gasteiger partial charge in [0.2, 0.25) is 0 Å². The minimum absolute atomic E-state index is 0.355. The Bertz CT molecular complexity index is 777. The van der Waals surface area contributed by atoms with E-state index in [1.165, 1.54) is 28.9 Å². The third kappa shape index (κ3) is 2.21. The van der Waals surface area contributed by atoms with Crippen molar-refractivity contribution in [1.82, 2.24) is 0 Å². The van der Waals surface area contributed by atoms with E-state index >= 15 is 0 Å². The molecule has 0 aliphatic carbocycles. The zero-order valence-electron chi connectivity index (χ0n) is 13.2. The summed E-state index contributed by atoms with van der Waals surface area (Å²) in [5, 5.41) is 2.76. The van der Waals surface area contributed by atoms with Gasteiger partial charge in [0.1, 0.15) is 0 Å². The Balaban J connectivity index is 2.00. The molecule has 112 valence electrons. The third-order valence-corrected chi connectivity index (χ3v) is 9.51. The van der Waals surface area contributed by atoms with Crippen LogP contribution in [0, 0.1) is 11.8 Å². The van der Waals surface area contributed by atoms with E-state index in [2.05, 4.69) is 52.0 Å². The molecule has 22 heavy (non-hydrogen) atoms. The number of benzene rings is 2. The van der Waals surface area contributed by atoms with E-state index in [4.69, 9.17) is 9.98 Å². The van der Waals surface area contributed by atoms with E-state index in [0.29, 0.717) is 41.7 Å². The molecule has 0 saturated carbocycles. The molecule has 0 radical (unpaired) electrons. The Hall–Kier alpha value is -0.921. The summed E-state index contributed by atoms with van der Waals surface area (Å²) < 4.78 is 5.69. The van der Waals surface area contributed by atoms with Gasteiger partial charge < -0.3 is 0 Å². The van der Waals surface area contributed by atoms with Crippen molar-refractivity contribution in [2.75, 3.05) is 0 Å². The van der Waals surface area contributed by atoms with Crippen LogP contribution in [0.5, 0.6) is 0 Å². The molecular weight excluding hydrogens is 402 g/mol. The van der Waals surface area contributed by atoms with Gasteiger partial charge >= 0.3 is 144 Å². The topological polar surface area (TPSA) is 24.7 Å². The number of rotatable bonds is 2. The molecule has 0 spiro atoms. The van der Waals surface area contributed by atoms with Crippen LogP contribution in [0.4, 0.5) is 11.4 Å². The first-order valence-corrected chi connectivity index (χ1v) is 11.1. The van der Waals surface area contributed by atoms with Gasteiger partial charge in [0.25, 0.3) is 0 Å². The molecular formula is C18H18N2Se2. The summed E-state index contributed by atoms with van der Waals surface area (Å²) >= 11 is 0.709. The molecule has 2 aliphatic rings. The molecule has 2 aromatic rings. The van der Waals surface area contributed by atoms with Gasteiger partial charge in [-0.3, -0.25) is 0 Å². The van der Waals surface area contributed by atoms with Gasteiger partial charge in [-0.05, 0) is 0 Å². The van der Waals surface area contributed by atoms with Crippen molar-refractivity contribution < 1.29 is 0 Å². The summed E-state index contributed by atoms with van der Waals surface area (Å²) in [6.07, 6.45) is 0. The molecule has 0 saturated heterocycles. The second-order valence-corrected chi connectivity index (χ2v) is 10.8. The maximum atomic E-state index is 4.96. The fourth-order valence-electron chi connectivity index (χ4n) is 2.76. The van der Waals surface area contributed by atoms with Crippen molar-refractivity contribution in [2.45, 2.75) is 27.7 Å². The second-order valence-electron chi connectivity index (χ2n) is 6.33. The van der Waals surface area contributed by atoms with Crippen LogP contribution >= 0.6 is 0 Å². The SMILES string of the molecule is CC(C)C1=Nc2ccc3c4c(ccc(c24)[Se]1)N=C(C(C)C)[Se]3. The molecule has 2 heterocycles. The first-order valence-electron chi connectivity index (χ1n) is 7.67. The number of aliphatic imine (C=N–C) groups is 2. The molecule has 4 rings (SSSR count). The molecule has 2 aromatic carbocycles. The first-order chi connectivity index (χ1) is 10.5. The Morgan fingerprint density at radius 2 is 1.09 bits per heavy atom. The molecule has 0 atom stereocenters. The molecule has 0 N–H and O–H groups in total. The third-order valence-electron chi connectivity index (χ3n) is 3.92. The van der Waals surface area contributed by atoms with Crippen molar-refractivity contribution in [3.8, 4) is 0 Å². The van der Waals surface area contributed by atoms with E-state index in [1.54, 1.807) is 0 Å². The Morgan fingerprint density at radius 1 is 0.682 bits per heavy atom. The van der Waals surface area contributed by atoms with Crippen molar-refractivity contribution in [3.05, 3.63) is 24.3 Å². The van der Waals surface area contributed by atoms with Gasteiger partial charge in [0, 0.05) is 0 Å². The van der Waals surface area contributed by atoms with Crippen molar-refractivity contribution in [3.63, 3.8) is 0 Å². The standard InChI is InChI=1S/C18H18N2Se2/c1-9(2)17-19-11-5-8-14-16-12(20-18(22-14)10(3)4)6-7-13(21-17)15(11)16/h5-10H,1-4H3. The van der Waals surface area contributed by atoms with Crippen molar-refractivity contribution in [1.29, 1.82) is 0 Å². The molecule has 0 aromatic heterocycles. The fourth-order valence-corrected chi connectivity index (χ4v) is 7.16. The number of nitrogens with zero attached hydrogens (tertiary/aromatic N) is 2. The molecule has 2 aliphatic heterocycles. The first kappa shape index (κ1) is 14.7. The van der Waals surface area contributed by atoms with Crippen LogP contribution < -0.4 is 8.92 Å². The monoisotopic (exact) mass is 422 g/mol. The minimum atomic E-state index is 0.355. The van der Waals surface area contributed by atoms with E-state index in [-0.39, 0.29) is 0 Å². The molecule has 2 nitrogen and oxygen atoms in total. The summed E-state index contributed by atoms with van der Waals surface area (Å²) in [4.78, 5) is 9.92. The Kier molecular flexibility index (Phi) is 3.54. The fraction of sp³-hybridized carbons (Fsp3) is 0.333. The van der Waals surface area contributed by atoms with Gasteiger partial charge in [0.05, 0.1) is 0 Å². The van der Waals surface area contributed by atoms with Crippen molar-refractivity contribution >= 4 is 70.2 Å². The van der Waals surface area contributed by atoms with Gasteiger partial charge in [0.15, 0.2) is 0 Å². The summed E-state index contributed by atoms with van der Waals surface area (Å²) in [7, 11) is 0. The summed E-state index contributed by atoms with van der Waals surface area (Å²) in [6.45, 7) is 8.99. The van der Waals surface area contributed by atoms with Gasteiger partial charge in [-0.25, -0.2) is 0 Å².